The lowest BCUT2D eigenvalue weighted by molar-refractivity contribution is -0.669. The van der Waals surface area contributed by atoms with Gasteiger partial charge in [-0.05, 0) is 17.7 Å². The number of aryl methyl sites for hydroxylation is 1. The fourth-order valence-corrected chi connectivity index (χ4v) is 3.56. The molecule has 2 aromatic carbocycles. The van der Waals surface area contributed by atoms with Crippen LogP contribution < -0.4 is 4.57 Å². The van der Waals surface area contributed by atoms with E-state index in [9.17, 15) is 8.42 Å². The Balaban J connectivity index is 1.96. The van der Waals surface area contributed by atoms with Crippen molar-refractivity contribution in [1.29, 1.82) is 0 Å². The molecule has 0 aliphatic carbocycles. The van der Waals surface area contributed by atoms with Gasteiger partial charge in [-0.1, -0.05) is 42.5 Å². The van der Waals surface area contributed by atoms with Gasteiger partial charge >= 0.3 is 0 Å². The summed E-state index contributed by atoms with van der Waals surface area (Å²) in [4.78, 5) is 0. The molecule has 3 rings (SSSR count). The zero-order valence-electron chi connectivity index (χ0n) is 13.6. The van der Waals surface area contributed by atoms with Crippen LogP contribution in [0.1, 0.15) is 17.8 Å². The summed E-state index contributed by atoms with van der Waals surface area (Å²) in [5.41, 5.74) is 3.40. The lowest BCUT2D eigenvalue weighted by Gasteiger charge is -2.02. The molecule has 1 aromatic heterocycles. The number of hydrogen-bond acceptors (Lipinski definition) is 2. The van der Waals surface area contributed by atoms with Crippen molar-refractivity contribution in [3.05, 3.63) is 66.0 Å². The minimum atomic E-state index is -3.92. The molecule has 0 amide bonds. The second-order valence-corrected chi connectivity index (χ2v) is 7.47. The van der Waals surface area contributed by atoms with Crippen LogP contribution in [-0.4, -0.2) is 23.3 Å². The van der Waals surface area contributed by atoms with E-state index in [1.807, 2.05) is 43.3 Å². The van der Waals surface area contributed by atoms with E-state index >= 15 is 0 Å². The third-order valence-electron chi connectivity index (χ3n) is 4.21. The zero-order valence-corrected chi connectivity index (χ0v) is 14.4. The van der Waals surface area contributed by atoms with Crippen molar-refractivity contribution in [3.8, 4) is 0 Å². The average Bonchev–Trinajstić information content (AvgIpc) is 2.81. The van der Waals surface area contributed by atoms with Crippen LogP contribution in [0.5, 0.6) is 0 Å². The van der Waals surface area contributed by atoms with E-state index in [-0.39, 0.29) is 5.75 Å². The Morgan fingerprint density at radius 3 is 2.42 bits per heavy atom. The summed E-state index contributed by atoms with van der Waals surface area (Å²) in [6.07, 6.45) is 0.379. The first kappa shape index (κ1) is 16.7. The van der Waals surface area contributed by atoms with E-state index in [0.29, 0.717) is 13.0 Å². The molecule has 24 heavy (non-hydrogen) atoms. The van der Waals surface area contributed by atoms with Gasteiger partial charge in [0.25, 0.3) is 15.9 Å². The van der Waals surface area contributed by atoms with Gasteiger partial charge in [-0.2, -0.15) is 8.42 Å². The van der Waals surface area contributed by atoms with Gasteiger partial charge in [-0.15, -0.1) is 0 Å². The van der Waals surface area contributed by atoms with Gasteiger partial charge in [-0.3, -0.25) is 4.55 Å². The van der Waals surface area contributed by atoms with Crippen LogP contribution in [-0.2, 0) is 23.2 Å². The maximum Gasteiger partial charge on any atom is 0.265 e. The monoisotopic (exact) mass is 345 g/mol. The molecule has 0 unspecified atom stereocenters. The first-order chi connectivity index (χ1) is 11.5. The average molecular weight is 345 g/mol. The lowest BCUT2D eigenvalue weighted by Crippen LogP contribution is -2.37. The Morgan fingerprint density at radius 1 is 1.04 bits per heavy atom. The van der Waals surface area contributed by atoms with Crippen molar-refractivity contribution in [2.24, 2.45) is 0 Å². The fraction of sp³-hybridized carbons (Fsp3) is 0.278. The number of para-hydroxylation sites is 2. The Labute approximate surface area is 141 Å². The maximum atomic E-state index is 11.0. The molecule has 0 bridgehead atoms. The number of nitrogens with zero attached hydrogens (tertiary/aromatic N) is 2. The van der Waals surface area contributed by atoms with E-state index < -0.39 is 10.1 Å². The minimum absolute atomic E-state index is 0.225. The van der Waals surface area contributed by atoms with Gasteiger partial charge < -0.3 is 0 Å². The van der Waals surface area contributed by atoms with Crippen molar-refractivity contribution in [1.82, 2.24) is 4.57 Å². The predicted octanol–water partition coefficient (Wildman–Crippen LogP) is 2.56. The minimum Gasteiger partial charge on any atom is -0.286 e. The third-order valence-corrected chi connectivity index (χ3v) is 5.02. The number of benzene rings is 2. The van der Waals surface area contributed by atoms with Crippen molar-refractivity contribution >= 4 is 21.2 Å². The molecule has 6 heteroatoms. The summed E-state index contributed by atoms with van der Waals surface area (Å²) in [5, 5.41) is 0. The summed E-state index contributed by atoms with van der Waals surface area (Å²) >= 11 is 0. The van der Waals surface area contributed by atoms with Crippen LogP contribution in [0, 0.1) is 6.92 Å². The number of imidazole rings is 1. The van der Waals surface area contributed by atoms with E-state index in [1.54, 1.807) is 0 Å². The molecule has 126 valence electrons. The highest BCUT2D eigenvalue weighted by Gasteiger charge is 2.21. The first-order valence-electron chi connectivity index (χ1n) is 7.92. The number of aromatic nitrogens is 2. The second-order valence-electron chi connectivity index (χ2n) is 5.90. The first-order valence-corrected chi connectivity index (χ1v) is 9.53. The van der Waals surface area contributed by atoms with Crippen molar-refractivity contribution in [2.45, 2.75) is 26.4 Å². The summed E-state index contributed by atoms with van der Waals surface area (Å²) in [7, 11) is -3.92. The summed E-state index contributed by atoms with van der Waals surface area (Å²) in [5.74, 6) is 0.841. The van der Waals surface area contributed by atoms with Crippen LogP contribution >= 0.6 is 0 Å². The molecule has 1 N–H and O–H groups in total. The molecule has 0 aliphatic rings. The lowest BCUT2D eigenvalue weighted by atomic mass is 10.2. The van der Waals surface area contributed by atoms with Gasteiger partial charge in [0.15, 0.2) is 11.0 Å². The normalized spacial score (nSPS) is 11.9. The van der Waals surface area contributed by atoms with Gasteiger partial charge in [0.2, 0.25) is 0 Å². The summed E-state index contributed by atoms with van der Waals surface area (Å²) < 4.78 is 35.2. The molecule has 0 radical (unpaired) electrons. The van der Waals surface area contributed by atoms with E-state index in [4.69, 9.17) is 4.55 Å². The number of hydrogen-bond donors (Lipinski definition) is 1. The standard InChI is InChI=1S/C18H20N2O3S/c1-15-19(12-7-13-24(21,22)23)17-10-5-6-11-18(17)20(15)14-16-8-3-2-4-9-16/h2-6,8-11H,7,12-14H2,1H3/p+1. The molecular formula is C18H21N2O3S+. The molecule has 0 saturated carbocycles. The van der Waals surface area contributed by atoms with Crippen LogP contribution in [0.2, 0.25) is 0 Å². The highest BCUT2D eigenvalue weighted by atomic mass is 32.2. The molecule has 0 spiro atoms. The Bertz CT molecular complexity index is 947. The zero-order chi connectivity index (χ0) is 17.2. The smallest absolute Gasteiger partial charge is 0.265 e. The Hall–Kier alpha value is -2.18. The number of rotatable bonds is 6. The van der Waals surface area contributed by atoms with Gasteiger partial charge in [0.1, 0.15) is 6.54 Å². The fourth-order valence-electron chi connectivity index (χ4n) is 3.07. The van der Waals surface area contributed by atoms with Crippen molar-refractivity contribution in [2.75, 3.05) is 5.75 Å². The van der Waals surface area contributed by atoms with Crippen molar-refractivity contribution in [3.63, 3.8) is 0 Å². The van der Waals surface area contributed by atoms with E-state index in [1.165, 1.54) is 5.56 Å². The topological polar surface area (TPSA) is 63.2 Å². The van der Waals surface area contributed by atoms with Gasteiger partial charge in [0.05, 0.1) is 12.3 Å². The molecule has 1 heterocycles. The molecule has 5 nitrogen and oxygen atoms in total. The highest BCUT2D eigenvalue weighted by Crippen LogP contribution is 2.16. The quantitative estimate of drug-likeness (QED) is 0.552. The Kier molecular flexibility index (Phi) is 4.69. The van der Waals surface area contributed by atoms with Crippen molar-refractivity contribution < 1.29 is 17.5 Å². The third kappa shape index (κ3) is 3.66. The molecule has 0 saturated heterocycles. The van der Waals surface area contributed by atoms with Crippen LogP contribution in [0.4, 0.5) is 0 Å². The second kappa shape index (κ2) is 6.75. The maximum absolute atomic E-state index is 11.0. The van der Waals surface area contributed by atoms with E-state index in [2.05, 4.69) is 27.3 Å². The summed E-state index contributed by atoms with van der Waals surface area (Å²) in [6, 6.07) is 18.3. The van der Waals surface area contributed by atoms with E-state index in [0.717, 1.165) is 23.4 Å². The van der Waals surface area contributed by atoms with Gasteiger partial charge in [-0.25, -0.2) is 9.13 Å². The van der Waals surface area contributed by atoms with Crippen LogP contribution in [0.15, 0.2) is 54.6 Å². The largest absolute Gasteiger partial charge is 0.286 e. The molecule has 3 aromatic rings. The SMILES string of the molecule is Cc1n(CCCS(=O)(=O)O)c2ccccc2[n+]1Cc1ccccc1. The Morgan fingerprint density at radius 2 is 1.71 bits per heavy atom. The van der Waals surface area contributed by atoms with Crippen LogP contribution in [0.3, 0.4) is 0 Å². The molecule has 0 aliphatic heterocycles. The highest BCUT2D eigenvalue weighted by molar-refractivity contribution is 7.85. The van der Waals surface area contributed by atoms with Crippen LogP contribution in [0.25, 0.3) is 11.0 Å². The predicted molar refractivity (Wildman–Crippen MR) is 93.4 cm³/mol. The molecular weight excluding hydrogens is 324 g/mol. The number of fused-ring (bicyclic) bond motifs is 1. The molecule has 0 atom stereocenters. The summed E-state index contributed by atoms with van der Waals surface area (Å²) in [6.45, 7) is 3.35. The molecule has 0 fully saturated rings. The van der Waals surface area contributed by atoms with Gasteiger partial charge in [0, 0.05) is 13.3 Å².